The molecule has 31 heavy (non-hydrogen) atoms. The Morgan fingerprint density at radius 1 is 1.00 bits per heavy atom. The predicted octanol–water partition coefficient (Wildman–Crippen LogP) is 4.18. The van der Waals surface area contributed by atoms with Crippen LogP contribution < -0.4 is 5.32 Å². The van der Waals surface area contributed by atoms with Gasteiger partial charge in [0.2, 0.25) is 0 Å². The van der Waals surface area contributed by atoms with E-state index >= 15 is 0 Å². The minimum Gasteiger partial charge on any atom is -0.392 e. The molecule has 0 aliphatic rings. The third kappa shape index (κ3) is 4.82. The summed E-state index contributed by atoms with van der Waals surface area (Å²) >= 11 is 0. The van der Waals surface area contributed by atoms with Crippen molar-refractivity contribution in [3.63, 3.8) is 0 Å². The summed E-state index contributed by atoms with van der Waals surface area (Å²) in [6, 6.07) is 18.6. The number of benzene rings is 2. The third-order valence-electron chi connectivity index (χ3n) is 5.08. The van der Waals surface area contributed by atoms with Crippen molar-refractivity contribution in [2.24, 2.45) is 0 Å². The number of aromatic nitrogens is 3. The van der Waals surface area contributed by atoms with Crippen molar-refractivity contribution < 1.29 is 9.90 Å². The van der Waals surface area contributed by atoms with Crippen LogP contribution in [0.5, 0.6) is 0 Å². The van der Waals surface area contributed by atoms with Gasteiger partial charge in [-0.25, -0.2) is 9.97 Å². The Labute approximate surface area is 180 Å². The molecule has 0 saturated heterocycles. The van der Waals surface area contributed by atoms with Crippen LogP contribution in [0.4, 0.5) is 5.69 Å². The Balaban J connectivity index is 1.60. The molecule has 0 atom stereocenters. The monoisotopic (exact) mass is 410 g/mol. The van der Waals surface area contributed by atoms with Crippen molar-refractivity contribution in [3.8, 4) is 11.3 Å². The quantitative estimate of drug-likeness (QED) is 0.498. The zero-order valence-electron chi connectivity index (χ0n) is 17.1. The number of rotatable bonds is 6. The van der Waals surface area contributed by atoms with Crippen molar-refractivity contribution in [1.82, 2.24) is 15.0 Å². The summed E-state index contributed by atoms with van der Waals surface area (Å²) in [4.78, 5) is 25.7. The largest absolute Gasteiger partial charge is 0.392 e. The minimum atomic E-state index is -0.201. The van der Waals surface area contributed by atoms with Gasteiger partial charge < -0.3 is 10.4 Å². The van der Waals surface area contributed by atoms with Gasteiger partial charge in [0, 0.05) is 35.6 Å². The fourth-order valence-electron chi connectivity index (χ4n) is 3.40. The van der Waals surface area contributed by atoms with Gasteiger partial charge in [0.1, 0.15) is 6.33 Å². The number of hydrogen-bond acceptors (Lipinski definition) is 5. The first-order chi connectivity index (χ1) is 15.1. The molecule has 4 aromatic rings. The lowest BCUT2D eigenvalue weighted by Gasteiger charge is -2.12. The van der Waals surface area contributed by atoms with E-state index in [9.17, 15) is 9.90 Å². The van der Waals surface area contributed by atoms with Crippen LogP contribution in [0.15, 0.2) is 79.4 Å². The molecule has 0 fully saturated rings. The first-order valence-corrected chi connectivity index (χ1v) is 9.95. The summed E-state index contributed by atoms with van der Waals surface area (Å²) in [6.45, 7) is 1.95. The van der Waals surface area contributed by atoms with E-state index in [0.717, 1.165) is 33.6 Å². The van der Waals surface area contributed by atoms with Gasteiger partial charge in [-0.3, -0.25) is 9.78 Å². The average Bonchev–Trinajstić information content (AvgIpc) is 2.81. The molecule has 0 aliphatic carbocycles. The second-order valence-corrected chi connectivity index (χ2v) is 7.22. The highest BCUT2D eigenvalue weighted by Gasteiger charge is 2.13. The van der Waals surface area contributed by atoms with Gasteiger partial charge in [0.25, 0.3) is 5.91 Å². The minimum absolute atomic E-state index is 0.0723. The van der Waals surface area contributed by atoms with Crippen LogP contribution in [0.25, 0.3) is 11.3 Å². The number of nitrogens with zero attached hydrogens (tertiary/aromatic N) is 3. The fourth-order valence-corrected chi connectivity index (χ4v) is 3.40. The molecular formula is C25H22N4O2. The zero-order valence-corrected chi connectivity index (χ0v) is 17.1. The Hall–Kier alpha value is -3.90. The number of anilines is 1. The van der Waals surface area contributed by atoms with Crippen LogP contribution in [-0.2, 0) is 13.0 Å². The van der Waals surface area contributed by atoms with Crippen molar-refractivity contribution in [2.75, 3.05) is 5.32 Å². The summed E-state index contributed by atoms with van der Waals surface area (Å²) in [5.74, 6) is -0.201. The first kappa shape index (κ1) is 20.4. The summed E-state index contributed by atoms with van der Waals surface area (Å²) < 4.78 is 0. The highest BCUT2D eigenvalue weighted by molar-refractivity contribution is 6.04. The van der Waals surface area contributed by atoms with E-state index in [0.29, 0.717) is 17.7 Å². The number of aryl methyl sites for hydroxylation is 1. The number of carbonyl (C=O) groups excluding carboxylic acids is 1. The maximum atomic E-state index is 12.8. The number of pyridine rings is 1. The number of hydrogen-bond donors (Lipinski definition) is 2. The van der Waals surface area contributed by atoms with Gasteiger partial charge in [0.05, 0.1) is 18.0 Å². The van der Waals surface area contributed by atoms with E-state index in [1.165, 1.54) is 6.33 Å². The van der Waals surface area contributed by atoms with Gasteiger partial charge in [0.15, 0.2) is 0 Å². The Kier molecular flexibility index (Phi) is 6.10. The molecule has 154 valence electrons. The molecule has 0 saturated carbocycles. The smallest absolute Gasteiger partial charge is 0.255 e. The van der Waals surface area contributed by atoms with Crippen molar-refractivity contribution in [2.45, 2.75) is 20.0 Å². The zero-order chi connectivity index (χ0) is 21.6. The molecule has 0 radical (unpaired) electrons. The van der Waals surface area contributed by atoms with Gasteiger partial charge in [-0.1, -0.05) is 18.2 Å². The van der Waals surface area contributed by atoms with E-state index in [1.54, 1.807) is 30.6 Å². The summed E-state index contributed by atoms with van der Waals surface area (Å²) in [5, 5.41) is 12.2. The average molecular weight is 410 g/mol. The second-order valence-electron chi connectivity index (χ2n) is 7.22. The lowest BCUT2D eigenvalue weighted by Crippen LogP contribution is -2.13. The molecule has 0 spiro atoms. The maximum Gasteiger partial charge on any atom is 0.255 e. The Morgan fingerprint density at radius 3 is 2.71 bits per heavy atom. The Morgan fingerprint density at radius 2 is 1.90 bits per heavy atom. The first-order valence-electron chi connectivity index (χ1n) is 9.95. The van der Waals surface area contributed by atoms with Gasteiger partial charge in [-0.2, -0.15) is 0 Å². The van der Waals surface area contributed by atoms with E-state index in [-0.39, 0.29) is 12.5 Å². The molecule has 2 aromatic carbocycles. The molecule has 6 nitrogen and oxygen atoms in total. The lowest BCUT2D eigenvalue weighted by molar-refractivity contribution is 0.102. The van der Waals surface area contributed by atoms with Crippen molar-refractivity contribution in [1.29, 1.82) is 0 Å². The molecule has 2 heterocycles. The summed E-state index contributed by atoms with van der Waals surface area (Å²) in [5.41, 5.74) is 6.70. The lowest BCUT2D eigenvalue weighted by atomic mass is 9.97. The Bertz CT molecular complexity index is 1210. The number of amides is 1. The molecule has 0 aliphatic heterocycles. The van der Waals surface area contributed by atoms with E-state index < -0.39 is 0 Å². The van der Waals surface area contributed by atoms with E-state index in [2.05, 4.69) is 20.3 Å². The van der Waals surface area contributed by atoms with E-state index in [1.807, 2.05) is 49.4 Å². The van der Waals surface area contributed by atoms with Crippen molar-refractivity contribution >= 4 is 11.6 Å². The topological polar surface area (TPSA) is 88.0 Å². The molecule has 2 aromatic heterocycles. The summed E-state index contributed by atoms with van der Waals surface area (Å²) in [6.07, 6.45) is 5.57. The number of aliphatic hydroxyl groups is 1. The van der Waals surface area contributed by atoms with E-state index in [4.69, 9.17) is 0 Å². The van der Waals surface area contributed by atoms with Crippen LogP contribution in [0.1, 0.15) is 32.7 Å². The fraction of sp³-hybridized carbons (Fsp3) is 0.120. The number of carbonyl (C=O) groups is 1. The SMILES string of the molecule is Cc1ccc(C(=O)Nc2cccc(CO)c2)cc1Cc1ncccc1-c1ccncn1. The van der Waals surface area contributed by atoms with Gasteiger partial charge in [-0.05, 0) is 66.1 Å². The predicted molar refractivity (Wildman–Crippen MR) is 120 cm³/mol. The van der Waals surface area contributed by atoms with Gasteiger partial charge >= 0.3 is 0 Å². The standard InChI is InChI=1S/C25H22N4O2/c1-17-7-8-19(25(31)29-21-5-2-4-18(12-21)15-30)13-20(17)14-24-22(6-3-10-27-24)23-9-11-26-16-28-23/h2-13,16,30H,14-15H2,1H3,(H,29,31). The molecule has 0 unspecified atom stereocenters. The van der Waals surface area contributed by atoms with Gasteiger partial charge in [-0.15, -0.1) is 0 Å². The molecule has 1 amide bonds. The molecule has 2 N–H and O–H groups in total. The highest BCUT2D eigenvalue weighted by atomic mass is 16.3. The van der Waals surface area contributed by atoms with Crippen LogP contribution in [-0.4, -0.2) is 26.0 Å². The molecule has 6 heteroatoms. The van der Waals surface area contributed by atoms with Crippen LogP contribution in [0.3, 0.4) is 0 Å². The number of aliphatic hydroxyl groups excluding tert-OH is 1. The normalized spacial score (nSPS) is 10.6. The van der Waals surface area contributed by atoms with Crippen molar-refractivity contribution in [3.05, 3.63) is 107 Å². The van der Waals surface area contributed by atoms with Crippen LogP contribution in [0, 0.1) is 6.92 Å². The maximum absolute atomic E-state index is 12.8. The molecule has 0 bridgehead atoms. The second kappa shape index (κ2) is 9.28. The molecular weight excluding hydrogens is 388 g/mol. The highest BCUT2D eigenvalue weighted by Crippen LogP contribution is 2.24. The van der Waals surface area contributed by atoms with Crippen LogP contribution >= 0.6 is 0 Å². The van der Waals surface area contributed by atoms with Crippen LogP contribution in [0.2, 0.25) is 0 Å². The molecule has 4 rings (SSSR count). The third-order valence-corrected chi connectivity index (χ3v) is 5.08. The summed E-state index contributed by atoms with van der Waals surface area (Å²) in [7, 11) is 0. The number of nitrogens with one attached hydrogen (secondary N) is 1.